The number of benzene rings is 1. The second-order valence-electron chi connectivity index (χ2n) is 2.67. The summed E-state index contributed by atoms with van der Waals surface area (Å²) in [5.74, 6) is -2.16. The van der Waals surface area contributed by atoms with Crippen molar-refractivity contribution in [1.82, 2.24) is 0 Å². The number of hydrogen-bond acceptors (Lipinski definition) is 2. The van der Waals surface area contributed by atoms with E-state index in [1.807, 2.05) is 0 Å². The highest BCUT2D eigenvalue weighted by Crippen LogP contribution is 2.28. The van der Waals surface area contributed by atoms with Crippen molar-refractivity contribution >= 4 is 28.4 Å². The van der Waals surface area contributed by atoms with Crippen LogP contribution in [0.4, 0.5) is 13.2 Å². The summed E-state index contributed by atoms with van der Waals surface area (Å²) in [4.78, 5) is 11.0. The summed E-state index contributed by atoms with van der Waals surface area (Å²) in [6, 6.07) is 2.58. The number of hydrogen-bond donors (Lipinski definition) is 0. The number of halogens is 4. The fourth-order valence-electron chi connectivity index (χ4n) is 1.01. The summed E-state index contributed by atoms with van der Waals surface area (Å²) in [6.45, 7) is -2.00. The quantitative estimate of drug-likeness (QED) is 0.628. The number of ketones is 1. The van der Waals surface area contributed by atoms with Gasteiger partial charge in [0.1, 0.15) is 0 Å². The van der Waals surface area contributed by atoms with Gasteiger partial charge in [-0.3, -0.25) is 4.79 Å². The van der Waals surface area contributed by atoms with E-state index in [1.165, 1.54) is 12.1 Å². The first-order chi connectivity index (χ1) is 6.93. The van der Waals surface area contributed by atoms with Crippen LogP contribution in [0.15, 0.2) is 12.1 Å². The molecule has 0 unspecified atom stereocenters. The minimum atomic E-state index is -3.16. The zero-order valence-electron chi connectivity index (χ0n) is 7.56. The van der Waals surface area contributed by atoms with Gasteiger partial charge in [-0.2, -0.15) is 8.78 Å². The molecule has 0 aliphatic heterocycles. The molecule has 0 bridgehead atoms. The molecule has 2 nitrogen and oxygen atoms in total. The van der Waals surface area contributed by atoms with Crippen molar-refractivity contribution in [3.63, 3.8) is 0 Å². The molecule has 0 saturated heterocycles. The van der Waals surface area contributed by atoms with Crippen LogP contribution in [0.25, 0.3) is 0 Å². The molecule has 6 heteroatoms. The van der Waals surface area contributed by atoms with Crippen molar-refractivity contribution in [2.75, 3.05) is 0 Å². The van der Waals surface area contributed by atoms with Crippen molar-refractivity contribution in [1.29, 1.82) is 0 Å². The molecule has 0 spiro atoms. The summed E-state index contributed by atoms with van der Waals surface area (Å²) in [5, 5.41) is 0. The Balaban J connectivity index is 3.28. The third kappa shape index (κ3) is 2.83. The van der Waals surface area contributed by atoms with Crippen LogP contribution >= 0.6 is 22.6 Å². The van der Waals surface area contributed by atoms with Crippen molar-refractivity contribution in [3.8, 4) is 5.75 Å². The third-order valence-electron chi connectivity index (χ3n) is 1.64. The van der Waals surface area contributed by atoms with E-state index in [4.69, 9.17) is 0 Å². The van der Waals surface area contributed by atoms with Gasteiger partial charge in [0.15, 0.2) is 17.3 Å². The molecule has 0 heterocycles. The van der Waals surface area contributed by atoms with Crippen LogP contribution < -0.4 is 4.74 Å². The number of carbonyl (C=O) groups is 1. The SMILES string of the molecule is CC(=O)c1ccc(I)c(F)c1OC(F)F. The van der Waals surface area contributed by atoms with Gasteiger partial charge >= 0.3 is 6.61 Å². The topological polar surface area (TPSA) is 26.3 Å². The van der Waals surface area contributed by atoms with Crippen LogP contribution in [-0.4, -0.2) is 12.4 Å². The largest absolute Gasteiger partial charge is 0.431 e. The lowest BCUT2D eigenvalue weighted by Gasteiger charge is -2.10. The smallest absolute Gasteiger partial charge is 0.387 e. The molecule has 15 heavy (non-hydrogen) atoms. The molecule has 1 aromatic carbocycles. The van der Waals surface area contributed by atoms with Gasteiger partial charge in [-0.05, 0) is 41.6 Å². The van der Waals surface area contributed by atoms with E-state index >= 15 is 0 Å². The maximum atomic E-state index is 13.4. The maximum absolute atomic E-state index is 13.4. The van der Waals surface area contributed by atoms with Gasteiger partial charge in [0.25, 0.3) is 0 Å². The van der Waals surface area contributed by atoms with Gasteiger partial charge in [0.05, 0.1) is 9.13 Å². The molecule has 0 saturated carbocycles. The van der Waals surface area contributed by atoms with Crippen LogP contribution in [0.1, 0.15) is 17.3 Å². The third-order valence-corrected chi connectivity index (χ3v) is 2.47. The van der Waals surface area contributed by atoms with E-state index in [2.05, 4.69) is 4.74 Å². The fourth-order valence-corrected chi connectivity index (χ4v) is 1.44. The number of rotatable bonds is 3. The highest BCUT2D eigenvalue weighted by atomic mass is 127. The van der Waals surface area contributed by atoms with Crippen LogP contribution in [0.2, 0.25) is 0 Å². The van der Waals surface area contributed by atoms with Crippen molar-refractivity contribution in [2.45, 2.75) is 13.5 Å². The van der Waals surface area contributed by atoms with Gasteiger partial charge in [0.2, 0.25) is 0 Å². The van der Waals surface area contributed by atoms with Gasteiger partial charge < -0.3 is 4.74 Å². The molecule has 0 amide bonds. The Kier molecular flexibility index (Phi) is 3.95. The highest BCUT2D eigenvalue weighted by molar-refractivity contribution is 14.1. The fraction of sp³-hybridized carbons (Fsp3) is 0.222. The Hall–Kier alpha value is -0.790. The van der Waals surface area contributed by atoms with Gasteiger partial charge in [-0.25, -0.2) is 4.39 Å². The zero-order chi connectivity index (χ0) is 11.6. The van der Waals surface area contributed by atoms with Gasteiger partial charge in [-0.1, -0.05) is 0 Å². The molecule has 0 aliphatic rings. The standard InChI is InChI=1S/C9H6F3IO2/c1-4(14)5-2-3-6(13)7(10)8(5)15-9(11)12/h2-3,9H,1H3. The molecular weight excluding hydrogens is 324 g/mol. The molecule has 0 N–H and O–H groups in total. The van der Waals surface area contributed by atoms with Gasteiger partial charge in [-0.15, -0.1) is 0 Å². The van der Waals surface area contributed by atoms with E-state index in [0.29, 0.717) is 0 Å². The van der Waals surface area contributed by atoms with Crippen LogP contribution in [0.5, 0.6) is 5.75 Å². The zero-order valence-corrected chi connectivity index (χ0v) is 9.72. The second kappa shape index (κ2) is 4.82. The van der Waals surface area contributed by atoms with Crippen molar-refractivity contribution in [3.05, 3.63) is 27.1 Å². The summed E-state index contributed by atoms with van der Waals surface area (Å²) >= 11 is 1.63. The van der Waals surface area contributed by atoms with Crippen LogP contribution in [0, 0.1) is 9.39 Å². The highest BCUT2D eigenvalue weighted by Gasteiger charge is 2.19. The van der Waals surface area contributed by atoms with Gasteiger partial charge in [0, 0.05) is 0 Å². The molecule has 1 aromatic rings. The van der Waals surface area contributed by atoms with E-state index in [1.54, 1.807) is 22.6 Å². The molecule has 0 aromatic heterocycles. The Labute approximate surface area is 97.6 Å². The normalized spacial score (nSPS) is 10.5. The van der Waals surface area contributed by atoms with Crippen molar-refractivity contribution in [2.24, 2.45) is 0 Å². The van der Waals surface area contributed by atoms with Crippen LogP contribution in [-0.2, 0) is 0 Å². The first-order valence-electron chi connectivity index (χ1n) is 3.87. The second-order valence-corrected chi connectivity index (χ2v) is 3.83. The summed E-state index contributed by atoms with van der Waals surface area (Å²) < 4.78 is 41.4. The van der Waals surface area contributed by atoms with E-state index in [-0.39, 0.29) is 9.13 Å². The molecule has 0 fully saturated rings. The van der Waals surface area contributed by atoms with Crippen molar-refractivity contribution < 1.29 is 22.7 Å². The Morgan fingerprint density at radius 3 is 2.53 bits per heavy atom. The number of ether oxygens (including phenoxy) is 1. The molecule has 0 atom stereocenters. The first-order valence-corrected chi connectivity index (χ1v) is 4.95. The average molecular weight is 330 g/mol. The lowest BCUT2D eigenvalue weighted by molar-refractivity contribution is -0.0525. The average Bonchev–Trinajstić information content (AvgIpc) is 2.12. The molecular formula is C9H6F3IO2. The monoisotopic (exact) mass is 330 g/mol. The van der Waals surface area contributed by atoms with Crippen LogP contribution in [0.3, 0.4) is 0 Å². The predicted octanol–water partition coefficient (Wildman–Crippen LogP) is 3.23. The Morgan fingerprint density at radius 1 is 1.47 bits per heavy atom. The Morgan fingerprint density at radius 2 is 2.07 bits per heavy atom. The minimum Gasteiger partial charge on any atom is -0.431 e. The molecule has 0 aliphatic carbocycles. The first kappa shape index (κ1) is 12.3. The number of alkyl halides is 2. The van der Waals surface area contributed by atoms with E-state index in [9.17, 15) is 18.0 Å². The van der Waals surface area contributed by atoms with E-state index in [0.717, 1.165) is 6.92 Å². The predicted molar refractivity (Wildman–Crippen MR) is 55.8 cm³/mol. The summed E-state index contributed by atoms with van der Waals surface area (Å²) in [5.41, 5.74) is -0.187. The molecule has 1 rings (SSSR count). The molecule has 0 radical (unpaired) electrons. The lowest BCUT2D eigenvalue weighted by atomic mass is 10.1. The Bertz CT molecular complexity index is 393. The number of Topliss-reactive ketones (excluding diaryl/α,β-unsaturated/α-hetero) is 1. The minimum absolute atomic E-state index is 0.119. The lowest BCUT2D eigenvalue weighted by Crippen LogP contribution is -2.09. The maximum Gasteiger partial charge on any atom is 0.387 e. The number of carbonyl (C=O) groups excluding carboxylic acids is 1. The molecule has 82 valence electrons. The summed E-state index contributed by atoms with van der Waals surface area (Å²) in [6.07, 6.45) is 0. The van der Waals surface area contributed by atoms with E-state index < -0.39 is 24.0 Å². The summed E-state index contributed by atoms with van der Waals surface area (Å²) in [7, 11) is 0.